The molecule has 0 saturated carbocycles. The van der Waals surface area contributed by atoms with Crippen molar-refractivity contribution < 1.29 is 9.32 Å². The molecule has 1 heterocycles. The topological polar surface area (TPSA) is 52.2 Å². The van der Waals surface area contributed by atoms with Crippen LogP contribution < -0.4 is 5.63 Å². The molecule has 0 N–H and O–H groups in total. The van der Waals surface area contributed by atoms with Crippen LogP contribution in [0, 0.1) is 0 Å². The van der Waals surface area contributed by atoms with Crippen molar-refractivity contribution >= 4 is 17.2 Å². The van der Waals surface area contributed by atoms with Crippen molar-refractivity contribution in [2.45, 2.75) is 19.9 Å². The van der Waals surface area contributed by atoms with Gasteiger partial charge in [0.25, 0.3) is 0 Å². The van der Waals surface area contributed by atoms with Gasteiger partial charge in [-0.2, -0.15) is 0 Å². The van der Waals surface area contributed by atoms with Crippen LogP contribution in [-0.2, 0) is 0 Å². The van der Waals surface area contributed by atoms with E-state index < -0.39 is 5.63 Å². The Bertz CT molecular complexity index is 563. The molecule has 0 fully saturated rings. The quantitative estimate of drug-likeness (QED) is 0.704. The van der Waals surface area contributed by atoms with Crippen molar-refractivity contribution in [1.29, 1.82) is 0 Å². The number of benzene rings is 1. The van der Waals surface area contributed by atoms with Gasteiger partial charge in [-0.15, -0.1) is 0 Å². The molecule has 0 amide bonds. The summed E-state index contributed by atoms with van der Waals surface area (Å²) in [5, 5.41) is 0.452. The number of aldehydes is 1. The Hall–Kier alpha value is -1.84. The predicted molar refractivity (Wildman–Crippen MR) is 56.2 cm³/mol. The predicted octanol–water partition coefficient (Wildman–Crippen LogP) is 1.99. The highest BCUT2D eigenvalue weighted by Crippen LogP contribution is 2.16. The van der Waals surface area contributed by atoms with Crippen molar-refractivity contribution in [2.75, 3.05) is 0 Å². The Morgan fingerprint density at radius 2 is 2.13 bits per heavy atom. The van der Waals surface area contributed by atoms with Crippen molar-refractivity contribution in [3.8, 4) is 0 Å². The molecule has 0 saturated heterocycles. The highest BCUT2D eigenvalue weighted by Gasteiger charge is 2.11. The average Bonchev–Trinajstić information content (AvgIpc) is 2.56. The van der Waals surface area contributed by atoms with Crippen LogP contribution in [0.3, 0.4) is 0 Å². The molecule has 1 aromatic heterocycles. The van der Waals surface area contributed by atoms with Crippen LogP contribution in [0.25, 0.3) is 10.9 Å². The summed E-state index contributed by atoms with van der Waals surface area (Å²) in [5.41, 5.74) is 0.805. The lowest BCUT2D eigenvalue weighted by Gasteiger charge is -2.04. The molecule has 0 radical (unpaired) electrons. The number of hydrogen-bond donors (Lipinski definition) is 0. The fourth-order valence-electron chi connectivity index (χ4n) is 1.55. The van der Waals surface area contributed by atoms with Gasteiger partial charge in [-0.25, -0.2) is 9.53 Å². The summed E-state index contributed by atoms with van der Waals surface area (Å²) in [6.45, 7) is 3.85. The zero-order chi connectivity index (χ0) is 11.0. The number of nitrogens with zero attached hydrogens (tertiary/aromatic N) is 1. The zero-order valence-corrected chi connectivity index (χ0v) is 8.56. The molecule has 0 spiro atoms. The lowest BCUT2D eigenvalue weighted by atomic mass is 10.2. The third kappa shape index (κ3) is 1.48. The third-order valence-corrected chi connectivity index (χ3v) is 2.26. The Balaban J connectivity index is 2.80. The highest BCUT2D eigenvalue weighted by molar-refractivity contribution is 5.86. The molecule has 0 aliphatic rings. The monoisotopic (exact) mass is 205 g/mol. The van der Waals surface area contributed by atoms with E-state index in [-0.39, 0.29) is 6.04 Å². The second-order valence-corrected chi connectivity index (χ2v) is 3.69. The second-order valence-electron chi connectivity index (χ2n) is 3.69. The molecule has 0 unspecified atom stereocenters. The SMILES string of the molecule is CC(C)n1oc(=O)c2cc(C=O)ccc21. The summed E-state index contributed by atoms with van der Waals surface area (Å²) in [7, 11) is 0. The molecule has 78 valence electrons. The molecule has 0 aliphatic heterocycles. The van der Waals surface area contributed by atoms with Gasteiger partial charge in [-0.05, 0) is 32.0 Å². The first-order valence-electron chi connectivity index (χ1n) is 4.74. The van der Waals surface area contributed by atoms with Crippen molar-refractivity contribution in [3.63, 3.8) is 0 Å². The van der Waals surface area contributed by atoms with Crippen molar-refractivity contribution in [1.82, 2.24) is 4.74 Å². The van der Waals surface area contributed by atoms with Gasteiger partial charge >= 0.3 is 5.63 Å². The summed E-state index contributed by atoms with van der Waals surface area (Å²) in [4.78, 5) is 22.0. The number of rotatable bonds is 2. The van der Waals surface area contributed by atoms with Gasteiger partial charge in [0, 0.05) is 5.56 Å². The van der Waals surface area contributed by atoms with Gasteiger partial charge in [0.1, 0.15) is 6.29 Å². The van der Waals surface area contributed by atoms with E-state index in [1.54, 1.807) is 22.9 Å². The summed E-state index contributed by atoms with van der Waals surface area (Å²) in [5.74, 6) is 0. The molecule has 0 atom stereocenters. The smallest absolute Gasteiger partial charge is 0.335 e. The summed E-state index contributed by atoms with van der Waals surface area (Å²) in [6.07, 6.45) is 0.714. The lowest BCUT2D eigenvalue weighted by molar-refractivity contribution is 0.112. The summed E-state index contributed by atoms with van der Waals surface area (Å²) in [6, 6.07) is 5.03. The summed E-state index contributed by atoms with van der Waals surface area (Å²) >= 11 is 0. The van der Waals surface area contributed by atoms with Gasteiger partial charge in [-0.1, -0.05) is 0 Å². The molecule has 4 nitrogen and oxygen atoms in total. The van der Waals surface area contributed by atoms with Crippen LogP contribution in [0.15, 0.2) is 27.5 Å². The van der Waals surface area contributed by atoms with Gasteiger partial charge < -0.3 is 4.52 Å². The van der Waals surface area contributed by atoms with E-state index in [2.05, 4.69) is 0 Å². The zero-order valence-electron chi connectivity index (χ0n) is 8.56. The molecule has 1 aromatic carbocycles. The van der Waals surface area contributed by atoms with Crippen LogP contribution in [0.4, 0.5) is 0 Å². The van der Waals surface area contributed by atoms with Crippen LogP contribution in [-0.4, -0.2) is 11.0 Å². The van der Waals surface area contributed by atoms with Crippen LogP contribution in [0.2, 0.25) is 0 Å². The minimum atomic E-state index is -0.401. The molecule has 0 aliphatic carbocycles. The van der Waals surface area contributed by atoms with E-state index in [0.29, 0.717) is 17.2 Å². The molecule has 4 heteroatoms. The Morgan fingerprint density at radius 1 is 1.40 bits per heavy atom. The minimum absolute atomic E-state index is 0.0808. The van der Waals surface area contributed by atoms with E-state index >= 15 is 0 Å². The van der Waals surface area contributed by atoms with Gasteiger partial charge in [0.05, 0.1) is 16.9 Å². The van der Waals surface area contributed by atoms with Gasteiger partial charge in [-0.3, -0.25) is 4.79 Å². The lowest BCUT2D eigenvalue weighted by Crippen LogP contribution is -1.99. The minimum Gasteiger partial charge on any atom is -0.335 e. The first kappa shape index (κ1) is 9.71. The first-order chi connectivity index (χ1) is 7.13. The van der Waals surface area contributed by atoms with Gasteiger partial charge in [0.2, 0.25) is 0 Å². The van der Waals surface area contributed by atoms with E-state index in [0.717, 1.165) is 5.52 Å². The molecular weight excluding hydrogens is 194 g/mol. The molecule has 2 aromatic rings. The first-order valence-corrected chi connectivity index (χ1v) is 4.74. The number of carbonyl (C=O) groups is 1. The Kier molecular flexibility index (Phi) is 2.19. The van der Waals surface area contributed by atoms with Crippen molar-refractivity contribution in [2.24, 2.45) is 0 Å². The Labute approximate surface area is 86.1 Å². The standard InChI is InChI=1S/C11H11NO3/c1-7(2)12-10-4-3-8(6-13)5-9(10)11(14)15-12/h3-7H,1-2H3. The van der Waals surface area contributed by atoms with E-state index in [9.17, 15) is 9.59 Å². The number of aromatic nitrogens is 1. The van der Waals surface area contributed by atoms with Crippen LogP contribution in [0.1, 0.15) is 30.2 Å². The second kappa shape index (κ2) is 3.38. The van der Waals surface area contributed by atoms with E-state index in [1.807, 2.05) is 13.8 Å². The van der Waals surface area contributed by atoms with E-state index in [1.165, 1.54) is 0 Å². The molecule has 15 heavy (non-hydrogen) atoms. The van der Waals surface area contributed by atoms with Crippen molar-refractivity contribution in [3.05, 3.63) is 34.2 Å². The molecular formula is C11H11NO3. The molecule has 0 bridgehead atoms. The number of hydrogen-bond acceptors (Lipinski definition) is 3. The fraction of sp³-hybridized carbons (Fsp3) is 0.273. The number of carbonyl (C=O) groups excluding carboxylic acids is 1. The van der Waals surface area contributed by atoms with E-state index in [4.69, 9.17) is 4.52 Å². The van der Waals surface area contributed by atoms with Gasteiger partial charge in [0.15, 0.2) is 0 Å². The third-order valence-electron chi connectivity index (χ3n) is 2.26. The van der Waals surface area contributed by atoms with Crippen LogP contribution in [0.5, 0.6) is 0 Å². The average molecular weight is 205 g/mol. The largest absolute Gasteiger partial charge is 0.365 e. The molecule has 2 rings (SSSR count). The Morgan fingerprint density at radius 3 is 2.73 bits per heavy atom. The fourth-order valence-corrected chi connectivity index (χ4v) is 1.55. The maximum atomic E-state index is 11.5. The summed E-state index contributed by atoms with van der Waals surface area (Å²) < 4.78 is 6.62. The highest BCUT2D eigenvalue weighted by atomic mass is 16.5. The normalized spacial score (nSPS) is 11.1. The maximum Gasteiger partial charge on any atom is 0.365 e. The van der Waals surface area contributed by atoms with Crippen LogP contribution >= 0.6 is 0 Å². The number of fused-ring (bicyclic) bond motifs is 1. The maximum absolute atomic E-state index is 11.5.